The van der Waals surface area contributed by atoms with E-state index in [0.29, 0.717) is 22.7 Å². The van der Waals surface area contributed by atoms with Crippen LogP contribution in [0, 0.1) is 0 Å². The Labute approximate surface area is 137 Å². The first-order valence-electron chi connectivity index (χ1n) is 7.43. The van der Waals surface area contributed by atoms with Gasteiger partial charge in [-0.2, -0.15) is 0 Å². The minimum absolute atomic E-state index is 0.154. The van der Waals surface area contributed by atoms with Crippen LogP contribution >= 0.6 is 0 Å². The van der Waals surface area contributed by atoms with Gasteiger partial charge in [-0.3, -0.25) is 9.59 Å². The smallest absolute Gasteiger partial charge is 0.296 e. The van der Waals surface area contributed by atoms with Crippen LogP contribution in [-0.4, -0.2) is 23.1 Å². The zero-order valence-electron chi connectivity index (χ0n) is 12.9. The fraction of sp³-hybridized carbons (Fsp3) is 0.111. The molecule has 0 saturated heterocycles. The summed E-state index contributed by atoms with van der Waals surface area (Å²) in [6.07, 6.45) is 1.67. The molecule has 6 nitrogen and oxygen atoms in total. The van der Waals surface area contributed by atoms with Crippen molar-refractivity contribution in [2.75, 3.05) is 12.1 Å². The first-order valence-corrected chi connectivity index (χ1v) is 7.43. The van der Waals surface area contributed by atoms with Crippen LogP contribution in [0.1, 0.15) is 10.4 Å². The third-order valence-electron chi connectivity index (χ3n) is 3.98. The molecule has 0 saturated carbocycles. The fourth-order valence-electron chi connectivity index (χ4n) is 2.81. The number of para-hydroxylation sites is 1. The number of aryl methyl sites for hydroxylation is 1. The molecule has 1 aliphatic rings. The van der Waals surface area contributed by atoms with Crippen molar-refractivity contribution in [2.45, 2.75) is 0 Å². The average Bonchev–Trinajstić information content (AvgIpc) is 3.19. The van der Waals surface area contributed by atoms with Crippen LogP contribution in [0.2, 0.25) is 0 Å². The van der Waals surface area contributed by atoms with Crippen LogP contribution in [0.3, 0.4) is 0 Å². The van der Waals surface area contributed by atoms with Crippen molar-refractivity contribution < 1.29 is 19.1 Å². The highest BCUT2D eigenvalue weighted by atomic mass is 16.7. The molecule has 0 atom stereocenters. The molecule has 0 aliphatic carbocycles. The quantitative estimate of drug-likeness (QED) is 0.594. The summed E-state index contributed by atoms with van der Waals surface area (Å²) in [6, 6.07) is 12.5. The minimum atomic E-state index is -0.690. The molecule has 1 N–H and O–H groups in total. The topological polar surface area (TPSA) is 69.6 Å². The van der Waals surface area contributed by atoms with Gasteiger partial charge in [0, 0.05) is 35.9 Å². The molecule has 120 valence electrons. The van der Waals surface area contributed by atoms with Crippen LogP contribution in [0.15, 0.2) is 48.7 Å². The van der Waals surface area contributed by atoms with Gasteiger partial charge in [-0.05, 0) is 18.2 Å². The molecule has 0 spiro atoms. The largest absolute Gasteiger partial charge is 0.454 e. The fourth-order valence-corrected chi connectivity index (χ4v) is 2.81. The van der Waals surface area contributed by atoms with Gasteiger partial charge < -0.3 is 19.4 Å². The number of fused-ring (bicyclic) bond motifs is 2. The summed E-state index contributed by atoms with van der Waals surface area (Å²) >= 11 is 0. The number of ketones is 1. The van der Waals surface area contributed by atoms with E-state index in [9.17, 15) is 9.59 Å². The van der Waals surface area contributed by atoms with Gasteiger partial charge in [-0.25, -0.2) is 0 Å². The zero-order valence-corrected chi connectivity index (χ0v) is 12.9. The molecular weight excluding hydrogens is 308 g/mol. The number of amides is 1. The van der Waals surface area contributed by atoms with Crippen molar-refractivity contribution >= 4 is 28.3 Å². The number of carbonyl (C=O) groups excluding carboxylic acids is 2. The Kier molecular flexibility index (Phi) is 3.23. The predicted molar refractivity (Wildman–Crippen MR) is 88.4 cm³/mol. The number of nitrogens with zero attached hydrogens (tertiary/aromatic N) is 1. The van der Waals surface area contributed by atoms with E-state index < -0.39 is 11.7 Å². The van der Waals surface area contributed by atoms with E-state index in [1.165, 1.54) is 0 Å². The Hall–Kier alpha value is -3.28. The van der Waals surface area contributed by atoms with E-state index in [1.54, 1.807) is 24.4 Å². The molecule has 1 amide bonds. The maximum atomic E-state index is 12.5. The molecule has 1 aliphatic heterocycles. The maximum absolute atomic E-state index is 12.5. The lowest BCUT2D eigenvalue weighted by molar-refractivity contribution is -0.112. The zero-order chi connectivity index (χ0) is 16.7. The standard InChI is InChI=1S/C18H14N2O4/c1-20-9-13(12-4-2-3-5-14(12)20)17(21)18(22)19-11-6-7-15-16(8-11)24-10-23-15/h2-9H,10H2,1H3,(H,19,22). The summed E-state index contributed by atoms with van der Waals surface area (Å²) in [6.45, 7) is 0.154. The molecule has 4 rings (SSSR count). The average molecular weight is 322 g/mol. The summed E-state index contributed by atoms with van der Waals surface area (Å²) in [7, 11) is 1.84. The van der Waals surface area contributed by atoms with E-state index in [1.807, 2.05) is 35.9 Å². The number of ether oxygens (including phenoxy) is 2. The number of hydrogen-bond donors (Lipinski definition) is 1. The number of Topliss-reactive ketones (excluding diaryl/α,β-unsaturated/α-hetero) is 1. The minimum Gasteiger partial charge on any atom is -0.454 e. The van der Waals surface area contributed by atoms with Crippen LogP contribution in [-0.2, 0) is 11.8 Å². The number of hydrogen-bond acceptors (Lipinski definition) is 4. The monoisotopic (exact) mass is 322 g/mol. The molecule has 3 aromatic rings. The van der Waals surface area contributed by atoms with Gasteiger partial charge in [-0.1, -0.05) is 18.2 Å². The molecule has 2 aromatic carbocycles. The highest BCUT2D eigenvalue weighted by molar-refractivity contribution is 6.48. The summed E-state index contributed by atoms with van der Waals surface area (Å²) in [5.74, 6) is -0.103. The summed E-state index contributed by atoms with van der Waals surface area (Å²) in [4.78, 5) is 24.9. The molecule has 2 heterocycles. The van der Waals surface area contributed by atoms with Gasteiger partial charge in [-0.15, -0.1) is 0 Å². The Morgan fingerprint density at radius 2 is 1.88 bits per heavy atom. The highest BCUT2D eigenvalue weighted by Gasteiger charge is 2.22. The molecule has 0 fully saturated rings. The van der Waals surface area contributed by atoms with Crippen LogP contribution in [0.25, 0.3) is 10.9 Å². The molecule has 0 bridgehead atoms. The molecule has 24 heavy (non-hydrogen) atoms. The normalized spacial score (nSPS) is 12.4. The van der Waals surface area contributed by atoms with E-state index >= 15 is 0 Å². The lowest BCUT2D eigenvalue weighted by Crippen LogP contribution is -2.22. The van der Waals surface area contributed by atoms with Crippen molar-refractivity contribution in [1.82, 2.24) is 4.57 Å². The maximum Gasteiger partial charge on any atom is 0.296 e. The number of nitrogens with one attached hydrogen (secondary N) is 1. The Balaban J connectivity index is 1.61. The van der Waals surface area contributed by atoms with E-state index in [0.717, 1.165) is 10.9 Å². The van der Waals surface area contributed by atoms with Gasteiger partial charge in [0.05, 0.1) is 5.56 Å². The number of anilines is 1. The lowest BCUT2D eigenvalue weighted by atomic mass is 10.1. The first-order chi connectivity index (χ1) is 11.6. The third kappa shape index (κ3) is 2.28. The SMILES string of the molecule is Cn1cc(C(=O)C(=O)Nc2ccc3c(c2)OCO3)c2ccccc21. The van der Waals surface area contributed by atoms with E-state index in [-0.39, 0.29) is 6.79 Å². The Morgan fingerprint density at radius 1 is 1.08 bits per heavy atom. The number of carbonyl (C=O) groups is 2. The number of benzene rings is 2. The highest BCUT2D eigenvalue weighted by Crippen LogP contribution is 2.34. The second-order valence-corrected chi connectivity index (χ2v) is 5.52. The van der Waals surface area contributed by atoms with Crippen molar-refractivity contribution in [2.24, 2.45) is 7.05 Å². The van der Waals surface area contributed by atoms with Crippen molar-refractivity contribution in [1.29, 1.82) is 0 Å². The van der Waals surface area contributed by atoms with Gasteiger partial charge in [0.1, 0.15) is 0 Å². The van der Waals surface area contributed by atoms with Crippen molar-refractivity contribution in [3.63, 3.8) is 0 Å². The van der Waals surface area contributed by atoms with Crippen molar-refractivity contribution in [3.05, 3.63) is 54.2 Å². The molecule has 0 radical (unpaired) electrons. The molecule has 1 aromatic heterocycles. The van der Waals surface area contributed by atoms with Gasteiger partial charge >= 0.3 is 0 Å². The van der Waals surface area contributed by atoms with Crippen LogP contribution in [0.5, 0.6) is 11.5 Å². The van der Waals surface area contributed by atoms with Crippen molar-refractivity contribution in [3.8, 4) is 11.5 Å². The second-order valence-electron chi connectivity index (χ2n) is 5.52. The van der Waals surface area contributed by atoms with Gasteiger partial charge in [0.15, 0.2) is 11.5 Å². The molecule has 6 heteroatoms. The Morgan fingerprint density at radius 3 is 2.75 bits per heavy atom. The first kappa shape index (κ1) is 14.3. The second kappa shape index (κ2) is 5.42. The van der Waals surface area contributed by atoms with E-state index in [2.05, 4.69) is 5.32 Å². The molecule has 0 unspecified atom stereocenters. The van der Waals surface area contributed by atoms with Crippen LogP contribution < -0.4 is 14.8 Å². The molecular formula is C18H14N2O4. The summed E-state index contributed by atoms with van der Waals surface area (Å²) in [5, 5.41) is 3.37. The summed E-state index contributed by atoms with van der Waals surface area (Å²) in [5.41, 5.74) is 1.76. The Bertz CT molecular complexity index is 974. The lowest BCUT2D eigenvalue weighted by Gasteiger charge is -2.05. The summed E-state index contributed by atoms with van der Waals surface area (Å²) < 4.78 is 12.3. The number of rotatable bonds is 3. The van der Waals surface area contributed by atoms with Gasteiger partial charge in [0.2, 0.25) is 6.79 Å². The van der Waals surface area contributed by atoms with Crippen LogP contribution in [0.4, 0.5) is 5.69 Å². The predicted octanol–water partition coefficient (Wildman–Crippen LogP) is 2.73. The third-order valence-corrected chi connectivity index (χ3v) is 3.98. The van der Waals surface area contributed by atoms with Gasteiger partial charge in [0.25, 0.3) is 11.7 Å². The number of aromatic nitrogens is 1. The van der Waals surface area contributed by atoms with E-state index in [4.69, 9.17) is 9.47 Å².